The number of thiophene rings is 1. The topological polar surface area (TPSA) is 55.4 Å². The molecule has 1 aromatic heterocycles. The molecule has 21 heavy (non-hydrogen) atoms. The molecule has 4 nitrogen and oxygen atoms in total. The van der Waals surface area contributed by atoms with E-state index in [2.05, 4.69) is 4.72 Å². The van der Waals surface area contributed by atoms with Crippen molar-refractivity contribution in [3.8, 4) is 0 Å². The summed E-state index contributed by atoms with van der Waals surface area (Å²) in [6.45, 7) is 1.98. The molecule has 1 fully saturated rings. The molecular weight excluding hydrogens is 313 g/mol. The van der Waals surface area contributed by atoms with E-state index >= 15 is 0 Å². The predicted molar refractivity (Wildman–Crippen MR) is 78.3 cm³/mol. The molecule has 0 amide bonds. The first-order valence-corrected chi connectivity index (χ1v) is 8.72. The van der Waals surface area contributed by atoms with Crippen LogP contribution in [0.3, 0.4) is 0 Å². The van der Waals surface area contributed by atoms with Gasteiger partial charge in [-0.3, -0.25) is 0 Å². The SMILES string of the molecule is Cc1ccsc1S(=O)(=O)NC1(c2ccccc2F)COC1. The Hall–Kier alpha value is -1.28. The van der Waals surface area contributed by atoms with E-state index < -0.39 is 21.4 Å². The summed E-state index contributed by atoms with van der Waals surface area (Å²) in [6, 6.07) is 7.90. The fraction of sp³-hybridized carbons (Fsp3) is 0.286. The third-order valence-corrected chi connectivity index (χ3v) is 6.70. The van der Waals surface area contributed by atoms with Gasteiger partial charge in [-0.15, -0.1) is 11.3 Å². The van der Waals surface area contributed by atoms with E-state index in [1.165, 1.54) is 6.07 Å². The summed E-state index contributed by atoms with van der Waals surface area (Å²) in [4.78, 5) is 0. The Balaban J connectivity index is 1.99. The van der Waals surface area contributed by atoms with Crippen LogP contribution in [0.1, 0.15) is 11.1 Å². The van der Waals surface area contributed by atoms with Crippen LogP contribution >= 0.6 is 11.3 Å². The van der Waals surface area contributed by atoms with Gasteiger partial charge in [0, 0.05) is 5.56 Å². The van der Waals surface area contributed by atoms with Crippen molar-refractivity contribution in [2.45, 2.75) is 16.7 Å². The number of nitrogens with one attached hydrogen (secondary N) is 1. The molecule has 0 unspecified atom stereocenters. The summed E-state index contributed by atoms with van der Waals surface area (Å²) in [5, 5.41) is 1.72. The lowest BCUT2D eigenvalue weighted by Gasteiger charge is -2.42. The molecule has 7 heteroatoms. The van der Waals surface area contributed by atoms with E-state index in [-0.39, 0.29) is 17.4 Å². The van der Waals surface area contributed by atoms with Gasteiger partial charge in [0.25, 0.3) is 10.0 Å². The van der Waals surface area contributed by atoms with E-state index in [1.807, 2.05) is 0 Å². The number of benzene rings is 1. The van der Waals surface area contributed by atoms with Gasteiger partial charge in [0.2, 0.25) is 0 Å². The van der Waals surface area contributed by atoms with E-state index in [4.69, 9.17) is 4.74 Å². The van der Waals surface area contributed by atoms with Crippen LogP contribution in [-0.2, 0) is 20.3 Å². The summed E-state index contributed by atoms with van der Waals surface area (Å²) in [7, 11) is -3.71. The summed E-state index contributed by atoms with van der Waals surface area (Å²) in [5.74, 6) is -0.439. The van der Waals surface area contributed by atoms with Crippen molar-refractivity contribution in [3.05, 3.63) is 52.7 Å². The Morgan fingerprint density at radius 2 is 2.00 bits per heavy atom. The molecule has 2 heterocycles. The predicted octanol–water partition coefficient (Wildman–Crippen LogP) is 2.40. The second-order valence-electron chi connectivity index (χ2n) is 5.05. The monoisotopic (exact) mass is 327 g/mol. The Morgan fingerprint density at radius 3 is 2.52 bits per heavy atom. The molecule has 0 saturated carbocycles. The van der Waals surface area contributed by atoms with Crippen LogP contribution in [0, 0.1) is 12.7 Å². The zero-order chi connectivity index (χ0) is 15.1. The molecule has 0 spiro atoms. The minimum atomic E-state index is -3.71. The van der Waals surface area contributed by atoms with E-state index in [0.717, 1.165) is 11.3 Å². The van der Waals surface area contributed by atoms with E-state index in [9.17, 15) is 12.8 Å². The maximum atomic E-state index is 14.0. The number of halogens is 1. The minimum absolute atomic E-state index is 0.123. The fourth-order valence-electron chi connectivity index (χ4n) is 2.36. The maximum absolute atomic E-state index is 14.0. The molecule has 1 saturated heterocycles. The number of aryl methyl sites for hydroxylation is 1. The zero-order valence-corrected chi connectivity index (χ0v) is 12.9. The second kappa shape index (κ2) is 5.17. The van der Waals surface area contributed by atoms with Crippen LogP contribution < -0.4 is 4.72 Å². The summed E-state index contributed by atoms with van der Waals surface area (Å²) in [6.07, 6.45) is 0. The van der Waals surface area contributed by atoms with Gasteiger partial charge in [0.05, 0.1) is 13.2 Å². The number of hydrogen-bond acceptors (Lipinski definition) is 4. The minimum Gasteiger partial charge on any atom is -0.377 e. The zero-order valence-electron chi connectivity index (χ0n) is 11.3. The van der Waals surface area contributed by atoms with E-state index in [0.29, 0.717) is 11.1 Å². The van der Waals surface area contributed by atoms with Gasteiger partial charge >= 0.3 is 0 Å². The van der Waals surface area contributed by atoms with Gasteiger partial charge in [0.1, 0.15) is 15.6 Å². The van der Waals surface area contributed by atoms with Crippen molar-refractivity contribution in [1.82, 2.24) is 4.72 Å². The number of hydrogen-bond donors (Lipinski definition) is 1. The first-order valence-electron chi connectivity index (χ1n) is 6.35. The lowest BCUT2D eigenvalue weighted by atomic mass is 9.89. The summed E-state index contributed by atoms with van der Waals surface area (Å²) in [5.41, 5.74) is -0.0360. The van der Waals surface area contributed by atoms with Crippen LogP contribution in [0.5, 0.6) is 0 Å². The average molecular weight is 327 g/mol. The molecule has 1 aromatic carbocycles. The first kappa shape index (κ1) is 14.6. The molecule has 112 valence electrons. The Labute approximate surface area is 126 Å². The van der Waals surface area contributed by atoms with Gasteiger partial charge in [-0.25, -0.2) is 12.8 Å². The Morgan fingerprint density at radius 1 is 1.29 bits per heavy atom. The first-order chi connectivity index (χ1) is 9.95. The van der Waals surface area contributed by atoms with Gasteiger partial charge in [-0.05, 0) is 30.0 Å². The van der Waals surface area contributed by atoms with Gasteiger partial charge in [-0.2, -0.15) is 4.72 Å². The van der Waals surface area contributed by atoms with Gasteiger partial charge in [0.15, 0.2) is 0 Å². The highest BCUT2D eigenvalue weighted by Gasteiger charge is 2.46. The largest absolute Gasteiger partial charge is 0.377 e. The highest BCUT2D eigenvalue weighted by Crippen LogP contribution is 2.34. The third-order valence-electron chi connectivity index (χ3n) is 3.48. The van der Waals surface area contributed by atoms with Crippen LogP contribution in [0.25, 0.3) is 0 Å². The quantitative estimate of drug-likeness (QED) is 0.938. The summed E-state index contributed by atoms with van der Waals surface area (Å²) < 4.78 is 47.1. The van der Waals surface area contributed by atoms with Gasteiger partial charge < -0.3 is 4.74 Å². The molecule has 1 aliphatic rings. The number of ether oxygens (including phenoxy) is 1. The van der Waals surface area contributed by atoms with Crippen LogP contribution in [0.15, 0.2) is 39.9 Å². The van der Waals surface area contributed by atoms with Crippen molar-refractivity contribution in [1.29, 1.82) is 0 Å². The highest BCUT2D eigenvalue weighted by molar-refractivity contribution is 7.91. The van der Waals surface area contributed by atoms with Crippen molar-refractivity contribution < 1.29 is 17.5 Å². The molecule has 1 aliphatic heterocycles. The van der Waals surface area contributed by atoms with Crippen LogP contribution in [0.2, 0.25) is 0 Å². The average Bonchev–Trinajstić information content (AvgIpc) is 2.82. The second-order valence-corrected chi connectivity index (χ2v) is 7.85. The van der Waals surface area contributed by atoms with Crippen molar-refractivity contribution in [2.24, 2.45) is 0 Å². The van der Waals surface area contributed by atoms with E-state index in [1.54, 1.807) is 36.6 Å². The third kappa shape index (κ3) is 2.50. The molecular formula is C14H14FNO3S2. The lowest BCUT2D eigenvalue weighted by Crippen LogP contribution is -2.59. The molecule has 0 atom stereocenters. The maximum Gasteiger partial charge on any atom is 0.251 e. The fourth-order valence-corrected chi connectivity index (χ4v) is 5.14. The van der Waals surface area contributed by atoms with Crippen molar-refractivity contribution in [2.75, 3.05) is 13.2 Å². The van der Waals surface area contributed by atoms with Crippen LogP contribution in [-0.4, -0.2) is 21.6 Å². The van der Waals surface area contributed by atoms with Gasteiger partial charge in [-0.1, -0.05) is 18.2 Å². The van der Waals surface area contributed by atoms with Crippen molar-refractivity contribution in [3.63, 3.8) is 0 Å². The standard InChI is InChI=1S/C14H14FNO3S2/c1-10-6-7-20-13(10)21(17,18)16-14(8-19-9-14)11-4-2-3-5-12(11)15/h2-7,16H,8-9H2,1H3. The normalized spacial score (nSPS) is 17.4. The highest BCUT2D eigenvalue weighted by atomic mass is 32.2. The Bertz CT molecular complexity index is 766. The molecule has 0 bridgehead atoms. The molecule has 2 aromatic rings. The molecule has 0 aliphatic carbocycles. The molecule has 3 rings (SSSR count). The molecule has 1 N–H and O–H groups in total. The Kier molecular flexibility index (Phi) is 3.61. The summed E-state index contributed by atoms with van der Waals surface area (Å²) >= 11 is 1.15. The number of rotatable bonds is 4. The smallest absolute Gasteiger partial charge is 0.251 e. The molecule has 0 radical (unpaired) electrons. The number of sulfonamides is 1. The van der Waals surface area contributed by atoms with Crippen molar-refractivity contribution >= 4 is 21.4 Å². The van der Waals surface area contributed by atoms with Crippen LogP contribution in [0.4, 0.5) is 4.39 Å². The lowest BCUT2D eigenvalue weighted by molar-refractivity contribution is -0.0680.